The van der Waals surface area contributed by atoms with Crippen LogP contribution in [0, 0.1) is 18.8 Å². The molecule has 1 heterocycles. The van der Waals surface area contributed by atoms with E-state index >= 15 is 0 Å². The quantitative estimate of drug-likeness (QED) is 0.885. The lowest BCUT2D eigenvalue weighted by atomic mass is 9.81. The van der Waals surface area contributed by atoms with Crippen molar-refractivity contribution in [2.45, 2.75) is 79.2 Å². The molecule has 0 amide bonds. The van der Waals surface area contributed by atoms with E-state index in [1.807, 2.05) is 6.92 Å². The molecule has 1 aromatic heterocycles. The molecule has 3 atom stereocenters. The number of ether oxygens (including phenoxy) is 1. The molecule has 124 valence electrons. The summed E-state index contributed by atoms with van der Waals surface area (Å²) < 4.78 is 6.45. The average Bonchev–Trinajstić information content (AvgIpc) is 2.36. The minimum atomic E-state index is 0.0107. The Bertz CT molecular complexity index is 564. The lowest BCUT2D eigenvalue weighted by Crippen LogP contribution is -2.30. The average molecular weight is 305 g/mol. The van der Waals surface area contributed by atoms with Crippen LogP contribution in [-0.2, 0) is 6.42 Å². The molecule has 1 aliphatic carbocycles. The maximum atomic E-state index is 12.4. The second kappa shape index (κ2) is 6.89. The Hall–Kier alpha value is -1.25. The van der Waals surface area contributed by atoms with Gasteiger partial charge in [0.1, 0.15) is 5.75 Å². The highest BCUT2D eigenvalue weighted by Crippen LogP contribution is 2.35. The summed E-state index contributed by atoms with van der Waals surface area (Å²) >= 11 is 0. The molecule has 1 aliphatic rings. The zero-order chi connectivity index (χ0) is 16.4. The highest BCUT2D eigenvalue weighted by Gasteiger charge is 2.28. The Labute approximate surface area is 134 Å². The van der Waals surface area contributed by atoms with Crippen molar-refractivity contribution < 1.29 is 4.74 Å². The van der Waals surface area contributed by atoms with Crippen LogP contribution in [0.2, 0.25) is 0 Å². The Kier molecular flexibility index (Phi) is 5.36. The van der Waals surface area contributed by atoms with E-state index < -0.39 is 0 Å². The number of aryl methyl sites for hydroxylation is 1. The molecule has 0 saturated heterocycles. The second-order valence-electron chi connectivity index (χ2n) is 7.47. The van der Waals surface area contributed by atoms with Crippen LogP contribution in [0.4, 0.5) is 0 Å². The molecule has 3 nitrogen and oxygen atoms in total. The summed E-state index contributed by atoms with van der Waals surface area (Å²) in [5.41, 5.74) is 2.93. The Balaban J connectivity index is 2.42. The van der Waals surface area contributed by atoms with Crippen LogP contribution in [0.25, 0.3) is 0 Å². The van der Waals surface area contributed by atoms with Gasteiger partial charge in [-0.25, -0.2) is 0 Å². The molecule has 0 aromatic carbocycles. The van der Waals surface area contributed by atoms with Gasteiger partial charge in [0, 0.05) is 11.3 Å². The highest BCUT2D eigenvalue weighted by atomic mass is 16.5. The van der Waals surface area contributed by atoms with Crippen molar-refractivity contribution in [3.05, 3.63) is 27.2 Å². The van der Waals surface area contributed by atoms with Crippen molar-refractivity contribution in [3.8, 4) is 5.75 Å². The third-order valence-electron chi connectivity index (χ3n) is 4.87. The number of nitrogens with one attached hydrogen (secondary N) is 1. The van der Waals surface area contributed by atoms with Gasteiger partial charge in [-0.15, -0.1) is 0 Å². The first-order valence-electron chi connectivity index (χ1n) is 8.75. The van der Waals surface area contributed by atoms with Crippen LogP contribution < -0.4 is 10.3 Å². The third kappa shape index (κ3) is 3.56. The van der Waals surface area contributed by atoms with Crippen LogP contribution in [0.5, 0.6) is 5.75 Å². The zero-order valence-corrected chi connectivity index (χ0v) is 15.0. The number of H-pyrrole nitrogens is 1. The fourth-order valence-electron chi connectivity index (χ4n) is 3.97. The summed E-state index contributed by atoms with van der Waals surface area (Å²) in [5, 5.41) is 0. The second-order valence-corrected chi connectivity index (χ2v) is 7.47. The number of rotatable bonds is 4. The maximum Gasteiger partial charge on any atom is 0.255 e. The van der Waals surface area contributed by atoms with Gasteiger partial charge in [-0.1, -0.05) is 34.6 Å². The normalized spacial score (nSPS) is 25.5. The van der Waals surface area contributed by atoms with Crippen molar-refractivity contribution in [1.82, 2.24) is 4.98 Å². The zero-order valence-electron chi connectivity index (χ0n) is 15.0. The molecule has 1 N–H and O–H groups in total. The van der Waals surface area contributed by atoms with Gasteiger partial charge in [0.25, 0.3) is 5.56 Å². The first kappa shape index (κ1) is 17.1. The summed E-state index contributed by atoms with van der Waals surface area (Å²) in [6.07, 6.45) is 4.59. The summed E-state index contributed by atoms with van der Waals surface area (Å²) in [6.45, 7) is 12.8. The van der Waals surface area contributed by atoms with E-state index in [0.717, 1.165) is 41.8 Å². The van der Waals surface area contributed by atoms with E-state index in [0.29, 0.717) is 11.8 Å². The molecule has 0 spiro atoms. The molecule has 1 unspecified atom stereocenters. The molecule has 1 fully saturated rings. The monoisotopic (exact) mass is 305 g/mol. The minimum absolute atomic E-state index is 0.0107. The molecule has 0 radical (unpaired) electrons. The first-order valence-corrected chi connectivity index (χ1v) is 8.75. The van der Waals surface area contributed by atoms with Crippen molar-refractivity contribution in [1.29, 1.82) is 0 Å². The summed E-state index contributed by atoms with van der Waals surface area (Å²) in [5.74, 6) is 2.43. The largest absolute Gasteiger partial charge is 0.490 e. The van der Waals surface area contributed by atoms with Crippen molar-refractivity contribution in [2.75, 3.05) is 0 Å². The van der Waals surface area contributed by atoms with E-state index in [9.17, 15) is 4.79 Å². The molecule has 0 aliphatic heterocycles. The van der Waals surface area contributed by atoms with Crippen LogP contribution in [0.15, 0.2) is 4.79 Å². The van der Waals surface area contributed by atoms with E-state index in [2.05, 4.69) is 39.6 Å². The minimum Gasteiger partial charge on any atom is -0.490 e. The fourth-order valence-corrected chi connectivity index (χ4v) is 3.97. The first-order chi connectivity index (χ1) is 10.3. The molecule has 2 rings (SSSR count). The van der Waals surface area contributed by atoms with Gasteiger partial charge in [-0.05, 0) is 50.4 Å². The number of pyridine rings is 1. The summed E-state index contributed by atoms with van der Waals surface area (Å²) in [4.78, 5) is 15.4. The summed E-state index contributed by atoms with van der Waals surface area (Å²) in [7, 11) is 0. The Morgan fingerprint density at radius 2 is 1.77 bits per heavy atom. The number of aromatic amines is 1. The molecule has 22 heavy (non-hydrogen) atoms. The number of hydrogen-bond acceptors (Lipinski definition) is 2. The van der Waals surface area contributed by atoms with E-state index in [4.69, 9.17) is 4.74 Å². The molecule has 1 saturated carbocycles. The third-order valence-corrected chi connectivity index (χ3v) is 4.87. The molecule has 1 aromatic rings. The lowest BCUT2D eigenvalue weighted by Gasteiger charge is -2.33. The van der Waals surface area contributed by atoms with E-state index in [-0.39, 0.29) is 17.6 Å². The van der Waals surface area contributed by atoms with Gasteiger partial charge >= 0.3 is 0 Å². The van der Waals surface area contributed by atoms with Crippen molar-refractivity contribution in [3.63, 3.8) is 0 Å². The SMILES string of the molecule is CCc1c(C)[nH]c(=O)c(C(C)C)c1OC1C[C@@H](C)C[C@@H](C)C1. The molecule has 0 bridgehead atoms. The van der Waals surface area contributed by atoms with Gasteiger partial charge in [0.15, 0.2) is 0 Å². The number of aromatic nitrogens is 1. The van der Waals surface area contributed by atoms with Crippen molar-refractivity contribution in [2.24, 2.45) is 11.8 Å². The maximum absolute atomic E-state index is 12.4. The highest BCUT2D eigenvalue weighted by molar-refractivity contribution is 5.44. The number of hydrogen-bond donors (Lipinski definition) is 1. The molecular weight excluding hydrogens is 274 g/mol. The van der Waals surface area contributed by atoms with E-state index in [1.54, 1.807) is 0 Å². The Morgan fingerprint density at radius 1 is 1.18 bits per heavy atom. The van der Waals surface area contributed by atoms with Crippen LogP contribution >= 0.6 is 0 Å². The van der Waals surface area contributed by atoms with Gasteiger partial charge in [0.2, 0.25) is 0 Å². The molecule has 3 heteroatoms. The lowest BCUT2D eigenvalue weighted by molar-refractivity contribution is 0.0986. The van der Waals surface area contributed by atoms with Gasteiger partial charge < -0.3 is 9.72 Å². The summed E-state index contributed by atoms with van der Waals surface area (Å²) in [6, 6.07) is 0. The molecular formula is C19H31NO2. The standard InChI is InChI=1S/C19H31NO2/c1-7-16-14(6)20-19(21)17(11(2)3)18(16)22-15-9-12(4)8-13(5)10-15/h11-13,15H,7-10H2,1-6H3,(H,20,21)/t12-,13+,15?. The predicted molar refractivity (Wildman–Crippen MR) is 91.9 cm³/mol. The van der Waals surface area contributed by atoms with Crippen LogP contribution in [0.1, 0.15) is 76.6 Å². The fraction of sp³-hybridized carbons (Fsp3) is 0.737. The Morgan fingerprint density at radius 3 is 2.27 bits per heavy atom. The van der Waals surface area contributed by atoms with Crippen LogP contribution in [0.3, 0.4) is 0 Å². The predicted octanol–water partition coefficient (Wildman–Crippen LogP) is 4.57. The smallest absolute Gasteiger partial charge is 0.255 e. The van der Waals surface area contributed by atoms with Gasteiger partial charge in [-0.3, -0.25) is 4.79 Å². The van der Waals surface area contributed by atoms with Crippen molar-refractivity contribution >= 4 is 0 Å². The van der Waals surface area contributed by atoms with Gasteiger partial charge in [-0.2, -0.15) is 0 Å². The van der Waals surface area contributed by atoms with Gasteiger partial charge in [0.05, 0.1) is 11.7 Å². The van der Waals surface area contributed by atoms with Crippen LogP contribution in [-0.4, -0.2) is 11.1 Å². The van der Waals surface area contributed by atoms with E-state index in [1.165, 1.54) is 6.42 Å². The topological polar surface area (TPSA) is 42.1 Å².